The molecule has 3 heterocycles. The number of rotatable bonds is 6. The maximum absolute atomic E-state index is 13.9. The number of carbonyl (C=O) groups excluding carboxylic acids is 4. The SMILES string of the molecule is CCc1cccc2c1NC(=O)[C@]21[NH2+][C@H](CC(N)=O)[C@H]2C(=O)N(Cc3ccccc3OC)C(=O)[C@H]21. The number of quaternary nitrogens is 1. The van der Waals surface area contributed by atoms with Crippen LogP contribution >= 0.6 is 0 Å². The molecular weight excluding hydrogens is 436 g/mol. The van der Waals surface area contributed by atoms with E-state index in [1.54, 1.807) is 17.4 Å². The van der Waals surface area contributed by atoms with Crippen molar-refractivity contribution < 1.29 is 29.2 Å². The molecule has 2 aromatic rings. The van der Waals surface area contributed by atoms with Crippen LogP contribution in [0.5, 0.6) is 5.75 Å². The van der Waals surface area contributed by atoms with Gasteiger partial charge in [0.25, 0.3) is 5.91 Å². The number of para-hydroxylation sites is 2. The first kappa shape index (κ1) is 22.1. The fourth-order valence-electron chi connectivity index (χ4n) is 5.98. The molecule has 9 heteroatoms. The summed E-state index contributed by atoms with van der Waals surface area (Å²) < 4.78 is 5.40. The lowest BCUT2D eigenvalue weighted by Crippen LogP contribution is -2.99. The van der Waals surface area contributed by atoms with E-state index >= 15 is 0 Å². The second kappa shape index (κ2) is 7.95. The lowest BCUT2D eigenvalue weighted by Gasteiger charge is -2.26. The number of methoxy groups -OCH3 is 1. The average Bonchev–Trinajstić information content (AvgIpc) is 3.39. The fraction of sp³-hybridized carbons (Fsp3) is 0.360. The van der Waals surface area contributed by atoms with Gasteiger partial charge in [0.15, 0.2) is 0 Å². The lowest BCUT2D eigenvalue weighted by molar-refractivity contribution is -0.732. The highest BCUT2D eigenvalue weighted by molar-refractivity contribution is 6.14. The van der Waals surface area contributed by atoms with Gasteiger partial charge in [-0.05, 0) is 18.1 Å². The number of nitrogens with one attached hydrogen (secondary N) is 1. The number of imide groups is 1. The van der Waals surface area contributed by atoms with E-state index in [0.717, 1.165) is 5.56 Å². The van der Waals surface area contributed by atoms with Crippen molar-refractivity contribution in [3.05, 3.63) is 59.2 Å². The van der Waals surface area contributed by atoms with E-state index in [9.17, 15) is 19.2 Å². The van der Waals surface area contributed by atoms with Gasteiger partial charge in [0, 0.05) is 11.1 Å². The van der Waals surface area contributed by atoms with Crippen molar-refractivity contribution in [2.45, 2.75) is 37.9 Å². The molecule has 0 radical (unpaired) electrons. The van der Waals surface area contributed by atoms with E-state index in [1.165, 1.54) is 12.0 Å². The molecule has 5 N–H and O–H groups in total. The minimum atomic E-state index is -1.33. The summed E-state index contributed by atoms with van der Waals surface area (Å²) >= 11 is 0. The molecule has 3 aliphatic rings. The molecule has 34 heavy (non-hydrogen) atoms. The third kappa shape index (κ3) is 2.96. The molecule has 0 saturated carbocycles. The molecule has 5 rings (SSSR count). The predicted molar refractivity (Wildman–Crippen MR) is 121 cm³/mol. The zero-order chi connectivity index (χ0) is 24.2. The minimum absolute atomic E-state index is 0.0253. The number of anilines is 1. The highest BCUT2D eigenvalue weighted by Gasteiger charge is 2.74. The first-order valence-electron chi connectivity index (χ1n) is 11.4. The summed E-state index contributed by atoms with van der Waals surface area (Å²) in [7, 11) is 1.53. The Balaban J connectivity index is 1.62. The lowest BCUT2D eigenvalue weighted by atomic mass is 9.76. The summed E-state index contributed by atoms with van der Waals surface area (Å²) in [5.74, 6) is -2.95. The number of likely N-dealkylation sites (tertiary alicyclic amines) is 1. The standard InChI is InChI=1S/C25H26N4O5/c1-3-13-8-6-9-15-21(13)27-24(33)25(15)20-19(16(28-25)11-18(26)30)22(31)29(23(20)32)12-14-7-4-5-10-17(14)34-2/h4-10,16,19-20,28H,3,11-12H2,1-2H3,(H2,26,30)(H,27,33)/p+1/t16-,19-,20+,25+/m1/s1. The number of benzene rings is 2. The molecule has 0 unspecified atom stereocenters. The molecule has 1 spiro atoms. The molecule has 4 atom stereocenters. The molecule has 2 saturated heterocycles. The van der Waals surface area contributed by atoms with E-state index in [4.69, 9.17) is 10.5 Å². The van der Waals surface area contributed by atoms with Crippen molar-refractivity contribution >= 4 is 29.3 Å². The van der Waals surface area contributed by atoms with E-state index in [0.29, 0.717) is 29.0 Å². The summed E-state index contributed by atoms with van der Waals surface area (Å²) in [5.41, 5.74) is 7.18. The monoisotopic (exact) mass is 463 g/mol. The predicted octanol–water partition coefficient (Wildman–Crippen LogP) is 0.0274. The topological polar surface area (TPSA) is 135 Å². The van der Waals surface area contributed by atoms with Crippen LogP contribution in [0.15, 0.2) is 42.5 Å². The number of fused-ring (bicyclic) bond motifs is 4. The zero-order valence-corrected chi connectivity index (χ0v) is 19.0. The number of hydrogen-bond acceptors (Lipinski definition) is 5. The second-order valence-electron chi connectivity index (χ2n) is 9.10. The molecular formula is C25H27N4O5+. The van der Waals surface area contributed by atoms with Crippen molar-refractivity contribution in [1.29, 1.82) is 0 Å². The molecule has 2 aromatic carbocycles. The number of carbonyl (C=O) groups is 4. The Morgan fingerprint density at radius 3 is 2.56 bits per heavy atom. The summed E-state index contributed by atoms with van der Waals surface area (Å²) in [6.45, 7) is 2.01. The maximum atomic E-state index is 13.9. The molecule has 0 bridgehead atoms. The third-order valence-electron chi connectivity index (χ3n) is 7.42. The van der Waals surface area contributed by atoms with Gasteiger partial charge < -0.3 is 21.1 Å². The van der Waals surface area contributed by atoms with Crippen molar-refractivity contribution in [2.75, 3.05) is 12.4 Å². The zero-order valence-electron chi connectivity index (χ0n) is 19.0. The number of nitrogens with two attached hydrogens (primary N) is 2. The Kier molecular flexibility index (Phi) is 5.16. The highest BCUT2D eigenvalue weighted by atomic mass is 16.5. The maximum Gasteiger partial charge on any atom is 0.291 e. The van der Waals surface area contributed by atoms with Gasteiger partial charge in [-0.15, -0.1) is 0 Å². The number of ether oxygens (including phenoxy) is 1. The van der Waals surface area contributed by atoms with E-state index in [-0.39, 0.29) is 18.9 Å². The Hall–Kier alpha value is -3.72. The smallest absolute Gasteiger partial charge is 0.291 e. The number of aryl methyl sites for hydroxylation is 1. The van der Waals surface area contributed by atoms with Crippen molar-refractivity contribution in [1.82, 2.24) is 4.90 Å². The van der Waals surface area contributed by atoms with Crippen LogP contribution in [-0.4, -0.2) is 41.7 Å². The van der Waals surface area contributed by atoms with Gasteiger partial charge in [0.2, 0.25) is 23.3 Å². The minimum Gasteiger partial charge on any atom is -0.496 e. The number of primary amides is 1. The fourth-order valence-corrected chi connectivity index (χ4v) is 5.98. The Labute approximate surface area is 196 Å². The Bertz CT molecular complexity index is 1230. The van der Waals surface area contributed by atoms with Crippen LogP contribution in [-0.2, 0) is 37.7 Å². The number of amides is 4. The van der Waals surface area contributed by atoms with Gasteiger partial charge in [-0.2, -0.15) is 0 Å². The van der Waals surface area contributed by atoms with Gasteiger partial charge in [0.1, 0.15) is 23.6 Å². The highest BCUT2D eigenvalue weighted by Crippen LogP contribution is 2.50. The molecule has 0 aliphatic carbocycles. The van der Waals surface area contributed by atoms with Crippen molar-refractivity contribution in [3.63, 3.8) is 0 Å². The summed E-state index contributed by atoms with van der Waals surface area (Å²) in [5, 5.41) is 4.69. The van der Waals surface area contributed by atoms with Crippen LogP contribution < -0.4 is 21.1 Å². The molecule has 176 valence electrons. The average molecular weight is 464 g/mol. The van der Waals surface area contributed by atoms with Crippen LogP contribution in [0, 0.1) is 11.8 Å². The number of hydrogen-bond donors (Lipinski definition) is 3. The quantitative estimate of drug-likeness (QED) is 0.520. The van der Waals surface area contributed by atoms with Crippen LogP contribution in [0.25, 0.3) is 0 Å². The Morgan fingerprint density at radius 1 is 1.12 bits per heavy atom. The van der Waals surface area contributed by atoms with Crippen LogP contribution in [0.1, 0.15) is 30.0 Å². The molecule has 4 amide bonds. The third-order valence-corrected chi connectivity index (χ3v) is 7.42. The van der Waals surface area contributed by atoms with Crippen molar-refractivity contribution in [3.8, 4) is 5.75 Å². The van der Waals surface area contributed by atoms with Gasteiger partial charge in [-0.25, -0.2) is 0 Å². The normalized spacial score (nSPS) is 27.2. The van der Waals surface area contributed by atoms with Gasteiger partial charge in [-0.1, -0.05) is 43.3 Å². The molecule has 2 fully saturated rings. The Morgan fingerprint density at radius 2 is 1.85 bits per heavy atom. The number of nitrogens with zero attached hydrogens (tertiary/aromatic N) is 1. The van der Waals surface area contributed by atoms with E-state index in [2.05, 4.69) is 5.32 Å². The van der Waals surface area contributed by atoms with E-state index in [1.807, 2.05) is 37.3 Å². The van der Waals surface area contributed by atoms with Gasteiger partial charge in [0.05, 0.1) is 25.8 Å². The van der Waals surface area contributed by atoms with Crippen LogP contribution in [0.2, 0.25) is 0 Å². The molecule has 0 aromatic heterocycles. The summed E-state index contributed by atoms with van der Waals surface area (Å²) in [4.78, 5) is 54.1. The van der Waals surface area contributed by atoms with E-state index < -0.39 is 41.1 Å². The summed E-state index contributed by atoms with van der Waals surface area (Å²) in [6, 6.07) is 12.2. The van der Waals surface area contributed by atoms with Crippen LogP contribution in [0.4, 0.5) is 5.69 Å². The molecule has 3 aliphatic heterocycles. The van der Waals surface area contributed by atoms with Gasteiger partial charge in [-0.3, -0.25) is 24.1 Å². The largest absolute Gasteiger partial charge is 0.496 e. The second-order valence-corrected chi connectivity index (χ2v) is 9.10. The van der Waals surface area contributed by atoms with Crippen molar-refractivity contribution in [2.24, 2.45) is 17.6 Å². The first-order chi connectivity index (χ1) is 16.3. The summed E-state index contributed by atoms with van der Waals surface area (Å²) in [6.07, 6.45) is 0.589. The van der Waals surface area contributed by atoms with Crippen LogP contribution in [0.3, 0.4) is 0 Å². The first-order valence-corrected chi connectivity index (χ1v) is 11.4. The molecule has 9 nitrogen and oxygen atoms in total. The van der Waals surface area contributed by atoms with Gasteiger partial charge >= 0.3 is 0 Å².